The molecule has 4 N–H and O–H groups in total. The fourth-order valence-corrected chi connectivity index (χ4v) is 3.73. The van der Waals surface area contributed by atoms with Gasteiger partial charge in [-0.2, -0.15) is 5.10 Å². The van der Waals surface area contributed by atoms with E-state index in [2.05, 4.69) is 30.8 Å². The van der Waals surface area contributed by atoms with Gasteiger partial charge >= 0.3 is 0 Å². The normalized spacial score (nSPS) is 11.4. The molecule has 0 aliphatic carbocycles. The first-order valence-corrected chi connectivity index (χ1v) is 8.27. The molecule has 1 aromatic heterocycles. The van der Waals surface area contributed by atoms with Gasteiger partial charge in [0, 0.05) is 12.6 Å². The number of halogens is 1. The highest BCUT2D eigenvalue weighted by molar-refractivity contribution is 9.10. The molecule has 0 bridgehead atoms. The highest BCUT2D eigenvalue weighted by Crippen LogP contribution is 2.29. The van der Waals surface area contributed by atoms with Crippen molar-refractivity contribution in [3.05, 3.63) is 34.1 Å². The second kappa shape index (κ2) is 6.04. The van der Waals surface area contributed by atoms with E-state index >= 15 is 0 Å². The third-order valence-electron chi connectivity index (χ3n) is 2.83. The lowest BCUT2D eigenvalue weighted by atomic mass is 10.3. The molecule has 0 spiro atoms. The van der Waals surface area contributed by atoms with Gasteiger partial charge < -0.3 is 10.5 Å². The van der Waals surface area contributed by atoms with Gasteiger partial charge in [-0.05, 0) is 35.0 Å². The van der Waals surface area contributed by atoms with Crippen molar-refractivity contribution in [1.29, 1.82) is 0 Å². The van der Waals surface area contributed by atoms with Crippen LogP contribution in [0, 0.1) is 6.92 Å². The Bertz CT molecular complexity index is 758. The molecule has 21 heavy (non-hydrogen) atoms. The summed E-state index contributed by atoms with van der Waals surface area (Å²) in [6, 6.07) is 4.91. The number of nitrogens with zero attached hydrogens (tertiary/aromatic N) is 1. The van der Waals surface area contributed by atoms with Crippen molar-refractivity contribution in [1.82, 2.24) is 10.2 Å². The maximum Gasteiger partial charge on any atom is 0.265 e. The van der Waals surface area contributed by atoms with Gasteiger partial charge in [-0.15, -0.1) is 0 Å². The Kier molecular flexibility index (Phi) is 4.55. The molecule has 7 nitrogen and oxygen atoms in total. The maximum absolute atomic E-state index is 12.5. The van der Waals surface area contributed by atoms with Gasteiger partial charge in [0.15, 0.2) is 0 Å². The largest absolute Gasteiger partial charge is 0.495 e. The molecule has 2 aromatic rings. The molecule has 0 atom stereocenters. The number of rotatable bonds is 5. The molecule has 2 rings (SSSR count). The van der Waals surface area contributed by atoms with E-state index in [0.29, 0.717) is 22.8 Å². The third kappa shape index (κ3) is 3.20. The second-order valence-corrected chi connectivity index (χ2v) is 6.76. The first-order chi connectivity index (χ1) is 9.89. The van der Waals surface area contributed by atoms with Crippen LogP contribution < -0.4 is 15.2 Å². The third-order valence-corrected chi connectivity index (χ3v) is 5.07. The maximum atomic E-state index is 12.5. The number of nitrogens with one attached hydrogen (secondary N) is 2. The Morgan fingerprint density at radius 3 is 2.81 bits per heavy atom. The number of aryl methyl sites for hydroxylation is 1. The van der Waals surface area contributed by atoms with Crippen molar-refractivity contribution in [3.63, 3.8) is 0 Å². The summed E-state index contributed by atoms with van der Waals surface area (Å²) in [4.78, 5) is 0.0758. The number of ether oxygens (including phenoxy) is 1. The van der Waals surface area contributed by atoms with Crippen molar-refractivity contribution >= 4 is 31.6 Å². The quantitative estimate of drug-likeness (QED) is 0.738. The summed E-state index contributed by atoms with van der Waals surface area (Å²) >= 11 is 3.31. The summed E-state index contributed by atoms with van der Waals surface area (Å²) in [5, 5.41) is 6.52. The minimum Gasteiger partial charge on any atom is -0.495 e. The lowest BCUT2D eigenvalue weighted by Crippen LogP contribution is -2.16. The van der Waals surface area contributed by atoms with Gasteiger partial charge in [-0.3, -0.25) is 9.82 Å². The van der Waals surface area contributed by atoms with Crippen LogP contribution in [-0.2, 0) is 16.6 Å². The van der Waals surface area contributed by atoms with Gasteiger partial charge in [0.25, 0.3) is 10.0 Å². The molecule has 0 saturated carbocycles. The molecule has 1 heterocycles. The van der Waals surface area contributed by atoms with Crippen LogP contribution in [-0.4, -0.2) is 25.7 Å². The monoisotopic (exact) mass is 374 g/mol. The zero-order valence-corrected chi connectivity index (χ0v) is 13.9. The highest BCUT2D eigenvalue weighted by atomic mass is 79.9. The molecule has 0 saturated heterocycles. The van der Waals surface area contributed by atoms with Crippen LogP contribution in [0.1, 0.15) is 11.4 Å². The number of sulfonamides is 1. The van der Waals surface area contributed by atoms with Crippen molar-refractivity contribution < 1.29 is 13.2 Å². The molecule has 0 amide bonds. The molecule has 0 fully saturated rings. The molecular weight excluding hydrogens is 360 g/mol. The molecule has 1 aromatic carbocycles. The molecule has 0 aliphatic heterocycles. The van der Waals surface area contributed by atoms with Gasteiger partial charge in [0.05, 0.1) is 28.7 Å². The molecule has 9 heteroatoms. The molecular formula is C12H15BrN4O3S. The molecule has 0 aliphatic rings. The highest BCUT2D eigenvalue weighted by Gasteiger charge is 2.24. The van der Waals surface area contributed by atoms with Crippen molar-refractivity contribution in [2.75, 3.05) is 11.8 Å². The summed E-state index contributed by atoms with van der Waals surface area (Å²) in [6.45, 7) is 1.66. The van der Waals surface area contributed by atoms with E-state index in [4.69, 9.17) is 10.5 Å². The van der Waals surface area contributed by atoms with Crippen LogP contribution in [0.3, 0.4) is 0 Å². The number of aromatic nitrogens is 2. The number of hydrogen-bond donors (Lipinski definition) is 3. The Morgan fingerprint density at radius 2 is 2.19 bits per heavy atom. The Labute approximate surface area is 131 Å². The number of H-pyrrole nitrogens is 1. The summed E-state index contributed by atoms with van der Waals surface area (Å²) < 4.78 is 33.3. The Balaban J connectivity index is 2.40. The fraction of sp³-hybridized carbons (Fsp3) is 0.250. The van der Waals surface area contributed by atoms with Gasteiger partial charge in [-0.25, -0.2) is 8.42 Å². The minimum atomic E-state index is -3.78. The predicted octanol–water partition coefficient (Wildman–Crippen LogP) is 1.75. The summed E-state index contributed by atoms with van der Waals surface area (Å²) in [5.74, 6) is 0.526. The molecule has 114 valence electrons. The number of benzene rings is 1. The van der Waals surface area contributed by atoms with Crippen LogP contribution in [0.4, 0.5) is 5.69 Å². The number of nitrogens with two attached hydrogens (primary N) is 1. The summed E-state index contributed by atoms with van der Waals surface area (Å²) in [5.41, 5.74) is 6.64. The van der Waals surface area contributed by atoms with Gasteiger partial charge in [-0.1, -0.05) is 0 Å². The average molecular weight is 375 g/mol. The van der Waals surface area contributed by atoms with Crippen LogP contribution in [0.2, 0.25) is 0 Å². The van der Waals surface area contributed by atoms with E-state index in [-0.39, 0.29) is 11.4 Å². The van der Waals surface area contributed by atoms with E-state index in [9.17, 15) is 8.42 Å². The number of aromatic amines is 1. The molecule has 0 radical (unpaired) electrons. The SMILES string of the molecule is COc1cc(NS(=O)(=O)c2c(CN)n[nH]c2C)ccc1Br. The van der Waals surface area contributed by atoms with E-state index in [1.807, 2.05) is 0 Å². The number of hydrogen-bond acceptors (Lipinski definition) is 5. The first kappa shape index (κ1) is 15.8. The lowest BCUT2D eigenvalue weighted by Gasteiger charge is -2.10. The van der Waals surface area contributed by atoms with Crippen LogP contribution in [0.25, 0.3) is 0 Å². The Morgan fingerprint density at radius 1 is 1.48 bits per heavy atom. The van der Waals surface area contributed by atoms with Crippen molar-refractivity contribution in [2.24, 2.45) is 5.73 Å². The van der Waals surface area contributed by atoms with Crippen molar-refractivity contribution in [2.45, 2.75) is 18.4 Å². The zero-order valence-electron chi connectivity index (χ0n) is 11.5. The van der Waals surface area contributed by atoms with Gasteiger partial charge in [0.2, 0.25) is 0 Å². The van der Waals surface area contributed by atoms with E-state index in [0.717, 1.165) is 4.47 Å². The predicted molar refractivity (Wildman–Crippen MR) is 82.7 cm³/mol. The lowest BCUT2D eigenvalue weighted by molar-refractivity contribution is 0.412. The van der Waals surface area contributed by atoms with E-state index < -0.39 is 10.0 Å². The second-order valence-electron chi connectivity index (χ2n) is 4.28. The smallest absolute Gasteiger partial charge is 0.265 e. The fourth-order valence-electron chi connectivity index (χ4n) is 1.89. The average Bonchev–Trinajstić information content (AvgIpc) is 2.82. The van der Waals surface area contributed by atoms with Crippen LogP contribution >= 0.6 is 15.9 Å². The van der Waals surface area contributed by atoms with E-state index in [1.54, 1.807) is 25.1 Å². The van der Waals surface area contributed by atoms with Crippen molar-refractivity contribution in [3.8, 4) is 5.75 Å². The summed E-state index contributed by atoms with van der Waals surface area (Å²) in [6.07, 6.45) is 0. The van der Waals surface area contributed by atoms with Gasteiger partial charge in [0.1, 0.15) is 10.6 Å². The topological polar surface area (TPSA) is 110 Å². The number of methoxy groups -OCH3 is 1. The Hall–Kier alpha value is -1.58. The van der Waals surface area contributed by atoms with Crippen LogP contribution in [0.15, 0.2) is 27.6 Å². The zero-order chi connectivity index (χ0) is 15.6. The standard InChI is InChI=1S/C12H15BrN4O3S/c1-7-12(10(6-14)16-15-7)21(18,19)17-8-3-4-9(13)11(5-8)20-2/h3-5,17H,6,14H2,1-2H3,(H,15,16). The summed E-state index contributed by atoms with van der Waals surface area (Å²) in [7, 11) is -2.27. The van der Waals surface area contributed by atoms with E-state index in [1.165, 1.54) is 7.11 Å². The molecule has 0 unspecified atom stereocenters. The van der Waals surface area contributed by atoms with Crippen LogP contribution in [0.5, 0.6) is 5.75 Å². The number of anilines is 1. The first-order valence-electron chi connectivity index (χ1n) is 5.99. The minimum absolute atomic E-state index is 0.0320.